The molecule has 0 radical (unpaired) electrons. The average Bonchev–Trinajstić information content (AvgIpc) is 1.85. The van der Waals surface area contributed by atoms with E-state index in [1.54, 1.807) is 6.55 Å². The Labute approximate surface area is 60.8 Å². The Morgan fingerprint density at radius 3 is 2.50 bits per heavy atom. The van der Waals surface area contributed by atoms with Crippen molar-refractivity contribution in [1.29, 1.82) is 0 Å². The van der Waals surface area contributed by atoms with Crippen LogP contribution in [0.2, 0.25) is 6.55 Å². The molecule has 0 aliphatic rings. The van der Waals surface area contributed by atoms with Gasteiger partial charge in [-0.2, -0.15) is 0 Å². The summed E-state index contributed by atoms with van der Waals surface area (Å²) in [6.07, 6.45) is 1.20. The second-order valence-corrected chi connectivity index (χ2v) is 4.14. The van der Waals surface area contributed by atoms with Gasteiger partial charge in [-0.1, -0.05) is 6.58 Å². The highest BCUT2D eigenvalue weighted by molar-refractivity contribution is 6.90. The van der Waals surface area contributed by atoms with E-state index >= 15 is 0 Å². The Morgan fingerprint density at radius 2 is 2.20 bits per heavy atom. The van der Waals surface area contributed by atoms with E-state index in [-0.39, 0.29) is 5.41 Å². The first-order valence-electron chi connectivity index (χ1n) is 2.80. The fourth-order valence-electron chi connectivity index (χ4n) is 0.461. The van der Waals surface area contributed by atoms with Gasteiger partial charge in [-0.25, -0.2) is 0 Å². The Balaban J connectivity index is 3.84. The summed E-state index contributed by atoms with van der Waals surface area (Å²) in [6.45, 7) is 4.96. The number of hydrogen-bond acceptors (Lipinski definition) is 2. The molecule has 0 aliphatic carbocycles. The zero-order valence-corrected chi connectivity index (χ0v) is 6.91. The maximum atomic E-state index is 10.7. The number of urea groups is 1. The van der Waals surface area contributed by atoms with Gasteiger partial charge in [0.25, 0.3) is 0 Å². The summed E-state index contributed by atoms with van der Waals surface area (Å²) >= 11 is 0. The van der Waals surface area contributed by atoms with E-state index in [1.807, 2.05) is 0 Å². The zero-order chi connectivity index (χ0) is 8.15. The molecule has 2 amide bonds. The molecule has 56 valence electrons. The van der Waals surface area contributed by atoms with Crippen molar-refractivity contribution < 1.29 is 9.59 Å². The lowest BCUT2D eigenvalue weighted by atomic mass is 10.7. The SMILES string of the molecule is C=CC(=O)[SiH](C)NC(N)=O. The molecule has 0 heterocycles. The van der Waals surface area contributed by atoms with Crippen LogP contribution < -0.4 is 10.7 Å². The minimum absolute atomic E-state index is 0.112. The number of nitrogens with two attached hydrogens (primary N) is 1. The molecule has 0 saturated carbocycles. The molecule has 5 heteroatoms. The third-order valence-corrected chi connectivity index (χ3v) is 2.79. The molecule has 4 nitrogen and oxygen atoms in total. The van der Waals surface area contributed by atoms with Crippen LogP contribution in [0.1, 0.15) is 0 Å². The largest absolute Gasteiger partial charge is 0.360 e. The van der Waals surface area contributed by atoms with Gasteiger partial charge in [0.1, 0.15) is 0 Å². The molecule has 0 rings (SSSR count). The normalized spacial score (nSPS) is 11.7. The summed E-state index contributed by atoms with van der Waals surface area (Å²) in [5, 5.41) is -0.112. The first-order chi connectivity index (χ1) is 4.57. The maximum Gasteiger partial charge on any atom is 0.304 e. The molecular weight excluding hydrogens is 148 g/mol. The molecule has 1 unspecified atom stereocenters. The van der Waals surface area contributed by atoms with Crippen LogP contribution in [-0.2, 0) is 4.79 Å². The smallest absolute Gasteiger partial charge is 0.304 e. The summed E-state index contributed by atoms with van der Waals surface area (Å²) < 4.78 is 0. The van der Waals surface area contributed by atoms with Crippen molar-refractivity contribution in [2.45, 2.75) is 6.55 Å². The molecule has 0 aromatic heterocycles. The second-order valence-electron chi connectivity index (χ2n) is 1.84. The molecule has 3 N–H and O–H groups in total. The number of carbonyl (C=O) groups is 2. The molecule has 0 aromatic carbocycles. The standard InChI is InChI=1S/C5H10N2O2Si/c1-3-4(8)10(2)7-5(6)9/h3,10H,1H2,2H3,(H3,6,7,9). The van der Waals surface area contributed by atoms with Crippen molar-refractivity contribution in [3.63, 3.8) is 0 Å². The lowest BCUT2D eigenvalue weighted by molar-refractivity contribution is -0.108. The van der Waals surface area contributed by atoms with Crippen molar-refractivity contribution in [3.05, 3.63) is 12.7 Å². The Bertz CT molecular complexity index is 169. The van der Waals surface area contributed by atoms with Crippen LogP contribution >= 0.6 is 0 Å². The number of nitrogens with one attached hydrogen (secondary N) is 1. The summed E-state index contributed by atoms with van der Waals surface area (Å²) in [7, 11) is -1.84. The number of rotatable bonds is 3. The molecule has 0 aliphatic heterocycles. The fourth-order valence-corrected chi connectivity index (χ4v) is 1.38. The van der Waals surface area contributed by atoms with E-state index in [0.717, 1.165) is 0 Å². The number of hydrogen-bond donors (Lipinski definition) is 2. The summed E-state index contributed by atoms with van der Waals surface area (Å²) in [4.78, 5) is 23.3. The second kappa shape index (κ2) is 3.83. The van der Waals surface area contributed by atoms with Gasteiger partial charge in [-0.15, -0.1) is 0 Å². The van der Waals surface area contributed by atoms with Gasteiger partial charge >= 0.3 is 6.03 Å². The molecule has 0 fully saturated rings. The van der Waals surface area contributed by atoms with Crippen LogP contribution in [0.4, 0.5) is 4.79 Å². The first-order valence-corrected chi connectivity index (χ1v) is 5.11. The quantitative estimate of drug-likeness (QED) is 0.421. The highest BCUT2D eigenvalue weighted by Gasteiger charge is 2.11. The fraction of sp³-hybridized carbons (Fsp3) is 0.200. The summed E-state index contributed by atoms with van der Waals surface area (Å²) in [6, 6.07) is -0.644. The molecule has 1 atom stereocenters. The summed E-state index contributed by atoms with van der Waals surface area (Å²) in [5.74, 6) is 0. The van der Waals surface area contributed by atoms with E-state index in [4.69, 9.17) is 5.73 Å². The highest BCUT2D eigenvalue weighted by atomic mass is 28.3. The van der Waals surface area contributed by atoms with Crippen LogP contribution in [0.15, 0.2) is 12.7 Å². The van der Waals surface area contributed by atoms with Crippen molar-refractivity contribution >= 4 is 20.4 Å². The molecular formula is C5H10N2O2Si. The van der Waals surface area contributed by atoms with Gasteiger partial charge in [0.2, 0.25) is 8.96 Å². The minimum Gasteiger partial charge on any atom is -0.360 e. The Morgan fingerprint density at radius 1 is 1.70 bits per heavy atom. The van der Waals surface area contributed by atoms with Crippen LogP contribution in [0, 0.1) is 0 Å². The number of primary amides is 1. The highest BCUT2D eigenvalue weighted by Crippen LogP contribution is 1.79. The third-order valence-electron chi connectivity index (χ3n) is 0.987. The van der Waals surface area contributed by atoms with Crippen molar-refractivity contribution in [1.82, 2.24) is 4.98 Å². The topological polar surface area (TPSA) is 72.2 Å². The van der Waals surface area contributed by atoms with E-state index in [2.05, 4.69) is 11.6 Å². The zero-order valence-electron chi connectivity index (χ0n) is 5.76. The predicted molar refractivity (Wildman–Crippen MR) is 40.9 cm³/mol. The molecule has 0 aromatic rings. The lowest BCUT2D eigenvalue weighted by Crippen LogP contribution is -2.44. The van der Waals surface area contributed by atoms with Crippen LogP contribution in [0.5, 0.6) is 0 Å². The van der Waals surface area contributed by atoms with Gasteiger partial charge in [-0.3, -0.25) is 9.59 Å². The Kier molecular flexibility index (Phi) is 3.41. The van der Waals surface area contributed by atoms with Crippen molar-refractivity contribution in [2.75, 3.05) is 0 Å². The van der Waals surface area contributed by atoms with Gasteiger partial charge in [0.05, 0.1) is 0 Å². The van der Waals surface area contributed by atoms with Gasteiger partial charge < -0.3 is 10.7 Å². The van der Waals surface area contributed by atoms with E-state index < -0.39 is 15.0 Å². The Hall–Kier alpha value is -1.10. The van der Waals surface area contributed by atoms with E-state index in [1.165, 1.54) is 6.08 Å². The van der Waals surface area contributed by atoms with Crippen molar-refractivity contribution in [2.24, 2.45) is 5.73 Å². The van der Waals surface area contributed by atoms with E-state index in [0.29, 0.717) is 0 Å². The molecule has 0 spiro atoms. The van der Waals surface area contributed by atoms with Gasteiger partial charge in [0, 0.05) is 0 Å². The van der Waals surface area contributed by atoms with Crippen LogP contribution in [-0.4, -0.2) is 20.4 Å². The number of carbonyl (C=O) groups excluding carboxylic acids is 2. The minimum atomic E-state index is -1.84. The first kappa shape index (κ1) is 8.90. The third kappa shape index (κ3) is 3.03. The molecule has 0 saturated heterocycles. The number of allylic oxidation sites excluding steroid dienone is 1. The predicted octanol–water partition coefficient (Wildman–Crippen LogP) is -0.697. The summed E-state index contributed by atoms with van der Waals surface area (Å²) in [5.41, 5.74) is 4.78. The van der Waals surface area contributed by atoms with Crippen LogP contribution in [0.25, 0.3) is 0 Å². The molecule has 10 heavy (non-hydrogen) atoms. The van der Waals surface area contributed by atoms with Gasteiger partial charge in [0.15, 0.2) is 5.41 Å². The van der Waals surface area contributed by atoms with Gasteiger partial charge in [-0.05, 0) is 12.6 Å². The monoisotopic (exact) mass is 158 g/mol. The van der Waals surface area contributed by atoms with Crippen LogP contribution in [0.3, 0.4) is 0 Å². The average molecular weight is 158 g/mol. The maximum absolute atomic E-state index is 10.7. The lowest BCUT2D eigenvalue weighted by Gasteiger charge is -2.04. The van der Waals surface area contributed by atoms with E-state index in [9.17, 15) is 9.59 Å². The van der Waals surface area contributed by atoms with Crippen molar-refractivity contribution in [3.8, 4) is 0 Å². The molecule has 0 bridgehead atoms. The number of amides is 2.